The molecule has 0 aliphatic carbocycles. The van der Waals surface area contributed by atoms with Crippen LogP contribution in [-0.2, 0) is 16.0 Å². The van der Waals surface area contributed by atoms with Crippen molar-refractivity contribution in [3.05, 3.63) is 30.1 Å². The fourth-order valence-electron chi connectivity index (χ4n) is 1.02. The lowest BCUT2D eigenvalue weighted by atomic mass is 9.97. The molecule has 0 N–H and O–H groups in total. The average Bonchev–Trinajstić information content (AvgIpc) is 2.18. The molecular formula is C12H17NO2. The van der Waals surface area contributed by atoms with Crippen molar-refractivity contribution in [2.45, 2.75) is 27.2 Å². The Morgan fingerprint density at radius 3 is 2.73 bits per heavy atom. The van der Waals surface area contributed by atoms with Gasteiger partial charge in [-0.1, -0.05) is 6.07 Å². The molecule has 0 aliphatic heterocycles. The fraction of sp³-hybridized carbons (Fsp3) is 0.500. The van der Waals surface area contributed by atoms with Gasteiger partial charge in [0, 0.05) is 18.8 Å². The van der Waals surface area contributed by atoms with E-state index in [1.807, 2.05) is 32.9 Å². The van der Waals surface area contributed by atoms with Crippen LogP contribution in [0.25, 0.3) is 0 Å². The van der Waals surface area contributed by atoms with E-state index < -0.39 is 5.41 Å². The summed E-state index contributed by atoms with van der Waals surface area (Å²) >= 11 is 0. The van der Waals surface area contributed by atoms with Gasteiger partial charge in [0.05, 0.1) is 12.0 Å². The molecule has 0 unspecified atom stereocenters. The van der Waals surface area contributed by atoms with E-state index in [2.05, 4.69) is 4.98 Å². The molecule has 1 aromatic heterocycles. The zero-order valence-corrected chi connectivity index (χ0v) is 9.49. The van der Waals surface area contributed by atoms with E-state index >= 15 is 0 Å². The number of pyridine rings is 1. The largest absolute Gasteiger partial charge is 0.465 e. The molecular weight excluding hydrogens is 190 g/mol. The van der Waals surface area contributed by atoms with Crippen LogP contribution in [0.3, 0.4) is 0 Å². The van der Waals surface area contributed by atoms with Crippen LogP contribution in [0, 0.1) is 5.41 Å². The molecule has 0 spiro atoms. The molecule has 3 heteroatoms. The van der Waals surface area contributed by atoms with Gasteiger partial charge in [-0.3, -0.25) is 9.78 Å². The van der Waals surface area contributed by atoms with Gasteiger partial charge in [-0.05, 0) is 32.4 Å². The SMILES string of the molecule is CC(C)(C)C(=O)OCCc1cccnc1. The second-order valence-corrected chi connectivity index (χ2v) is 4.50. The van der Waals surface area contributed by atoms with E-state index in [1.54, 1.807) is 12.4 Å². The molecule has 0 aromatic carbocycles. The van der Waals surface area contributed by atoms with Crippen molar-refractivity contribution in [2.75, 3.05) is 6.61 Å². The van der Waals surface area contributed by atoms with E-state index in [1.165, 1.54) is 0 Å². The number of carbonyl (C=O) groups excluding carboxylic acids is 1. The molecule has 3 nitrogen and oxygen atoms in total. The maximum absolute atomic E-state index is 11.4. The molecule has 82 valence electrons. The number of nitrogens with zero attached hydrogens (tertiary/aromatic N) is 1. The Balaban J connectivity index is 2.32. The van der Waals surface area contributed by atoms with Crippen molar-refractivity contribution in [1.82, 2.24) is 4.98 Å². The minimum absolute atomic E-state index is 0.161. The molecule has 1 heterocycles. The quantitative estimate of drug-likeness (QED) is 0.713. The Kier molecular flexibility index (Phi) is 3.83. The van der Waals surface area contributed by atoms with E-state index in [0.717, 1.165) is 12.0 Å². The summed E-state index contributed by atoms with van der Waals surface area (Å²) in [5.41, 5.74) is 0.661. The average molecular weight is 207 g/mol. The standard InChI is InChI=1S/C12H17NO2/c1-12(2,3)11(14)15-8-6-10-5-4-7-13-9-10/h4-5,7,9H,6,8H2,1-3H3. The Hall–Kier alpha value is -1.38. The highest BCUT2D eigenvalue weighted by atomic mass is 16.5. The van der Waals surface area contributed by atoms with Gasteiger partial charge >= 0.3 is 5.97 Å². The van der Waals surface area contributed by atoms with Crippen LogP contribution in [0.1, 0.15) is 26.3 Å². The lowest BCUT2D eigenvalue weighted by Crippen LogP contribution is -2.23. The van der Waals surface area contributed by atoms with Gasteiger partial charge in [0.25, 0.3) is 0 Å². The van der Waals surface area contributed by atoms with Gasteiger partial charge in [0.15, 0.2) is 0 Å². The summed E-state index contributed by atoms with van der Waals surface area (Å²) in [5, 5.41) is 0. The van der Waals surface area contributed by atoms with Crippen LogP contribution in [0.15, 0.2) is 24.5 Å². The van der Waals surface area contributed by atoms with E-state index in [9.17, 15) is 4.79 Å². The van der Waals surface area contributed by atoms with E-state index in [-0.39, 0.29) is 5.97 Å². The number of carbonyl (C=O) groups is 1. The predicted molar refractivity (Wildman–Crippen MR) is 58.4 cm³/mol. The van der Waals surface area contributed by atoms with Crippen LogP contribution in [-0.4, -0.2) is 17.6 Å². The summed E-state index contributed by atoms with van der Waals surface area (Å²) in [4.78, 5) is 15.4. The van der Waals surface area contributed by atoms with Crippen molar-refractivity contribution >= 4 is 5.97 Å². The highest BCUT2D eigenvalue weighted by Crippen LogP contribution is 2.15. The third-order valence-corrected chi connectivity index (χ3v) is 1.96. The molecule has 0 fully saturated rings. The molecule has 0 saturated carbocycles. The number of aromatic nitrogens is 1. The zero-order valence-electron chi connectivity index (χ0n) is 9.49. The summed E-state index contributed by atoms with van der Waals surface area (Å²) in [6.45, 7) is 5.96. The molecule has 0 saturated heterocycles. The number of hydrogen-bond acceptors (Lipinski definition) is 3. The van der Waals surface area contributed by atoms with Crippen molar-refractivity contribution in [3.8, 4) is 0 Å². The smallest absolute Gasteiger partial charge is 0.311 e. The maximum Gasteiger partial charge on any atom is 0.311 e. The third kappa shape index (κ3) is 4.11. The van der Waals surface area contributed by atoms with Gasteiger partial charge in [0.2, 0.25) is 0 Å². The monoisotopic (exact) mass is 207 g/mol. The Morgan fingerprint density at radius 2 is 2.20 bits per heavy atom. The molecule has 0 bridgehead atoms. The van der Waals surface area contributed by atoms with E-state index in [0.29, 0.717) is 6.61 Å². The predicted octanol–water partition coefficient (Wildman–Crippen LogP) is 2.21. The second kappa shape index (κ2) is 4.91. The van der Waals surface area contributed by atoms with Gasteiger partial charge in [-0.2, -0.15) is 0 Å². The van der Waals surface area contributed by atoms with Gasteiger partial charge in [-0.25, -0.2) is 0 Å². The minimum atomic E-state index is -0.422. The minimum Gasteiger partial charge on any atom is -0.465 e. The lowest BCUT2D eigenvalue weighted by molar-refractivity contribution is -0.152. The Labute approximate surface area is 90.5 Å². The molecule has 1 rings (SSSR count). The van der Waals surface area contributed by atoms with Crippen LogP contribution >= 0.6 is 0 Å². The molecule has 0 amide bonds. The van der Waals surface area contributed by atoms with E-state index in [4.69, 9.17) is 4.74 Å². The molecule has 0 aliphatic rings. The van der Waals surface area contributed by atoms with Crippen LogP contribution < -0.4 is 0 Å². The van der Waals surface area contributed by atoms with Crippen LogP contribution in [0.2, 0.25) is 0 Å². The van der Waals surface area contributed by atoms with Crippen LogP contribution in [0.4, 0.5) is 0 Å². The van der Waals surface area contributed by atoms with Gasteiger partial charge in [-0.15, -0.1) is 0 Å². The second-order valence-electron chi connectivity index (χ2n) is 4.50. The first-order chi connectivity index (χ1) is 7.00. The first kappa shape index (κ1) is 11.7. The zero-order chi connectivity index (χ0) is 11.3. The van der Waals surface area contributed by atoms with Crippen molar-refractivity contribution in [3.63, 3.8) is 0 Å². The summed E-state index contributed by atoms with van der Waals surface area (Å²) in [6, 6.07) is 3.85. The highest BCUT2D eigenvalue weighted by Gasteiger charge is 2.22. The highest BCUT2D eigenvalue weighted by molar-refractivity contribution is 5.75. The topological polar surface area (TPSA) is 39.2 Å². The number of rotatable bonds is 3. The summed E-state index contributed by atoms with van der Waals surface area (Å²) < 4.78 is 5.14. The number of ether oxygens (including phenoxy) is 1. The Morgan fingerprint density at radius 1 is 1.47 bits per heavy atom. The lowest BCUT2D eigenvalue weighted by Gasteiger charge is -2.16. The molecule has 1 aromatic rings. The van der Waals surface area contributed by atoms with Crippen molar-refractivity contribution < 1.29 is 9.53 Å². The third-order valence-electron chi connectivity index (χ3n) is 1.96. The van der Waals surface area contributed by atoms with Gasteiger partial charge in [0.1, 0.15) is 0 Å². The van der Waals surface area contributed by atoms with Gasteiger partial charge < -0.3 is 4.74 Å². The molecule has 0 radical (unpaired) electrons. The molecule has 0 atom stereocenters. The van der Waals surface area contributed by atoms with Crippen molar-refractivity contribution in [2.24, 2.45) is 5.41 Å². The van der Waals surface area contributed by atoms with Crippen LogP contribution in [0.5, 0.6) is 0 Å². The summed E-state index contributed by atoms with van der Waals surface area (Å²) in [6.07, 6.45) is 4.23. The first-order valence-electron chi connectivity index (χ1n) is 5.06. The summed E-state index contributed by atoms with van der Waals surface area (Å²) in [5.74, 6) is -0.161. The van der Waals surface area contributed by atoms with Crippen molar-refractivity contribution in [1.29, 1.82) is 0 Å². The normalized spacial score (nSPS) is 11.1. The first-order valence-corrected chi connectivity index (χ1v) is 5.06. The maximum atomic E-state index is 11.4. The number of hydrogen-bond donors (Lipinski definition) is 0. The fourth-order valence-corrected chi connectivity index (χ4v) is 1.02. The molecule has 15 heavy (non-hydrogen) atoms. The summed E-state index contributed by atoms with van der Waals surface area (Å²) in [7, 11) is 0. The number of esters is 1. The Bertz CT molecular complexity index is 314.